The van der Waals surface area contributed by atoms with E-state index in [1.54, 1.807) is 13.8 Å². The summed E-state index contributed by atoms with van der Waals surface area (Å²) in [6.45, 7) is 3.48. The van der Waals surface area contributed by atoms with E-state index in [0.717, 1.165) is 0 Å². The summed E-state index contributed by atoms with van der Waals surface area (Å²) >= 11 is 0. The van der Waals surface area contributed by atoms with Crippen molar-refractivity contribution < 1.29 is 9.00 Å². The van der Waals surface area contributed by atoms with Crippen molar-refractivity contribution in [3.05, 3.63) is 0 Å². The molecule has 0 aromatic heterocycles. The number of carbonyl (C=O) groups excluding carboxylic acids is 1. The minimum Gasteiger partial charge on any atom is -0.284 e. The number of hydrogen-bond acceptors (Lipinski definition) is 2. The molecule has 48 valence electrons. The van der Waals surface area contributed by atoms with Gasteiger partial charge in [0.2, 0.25) is 5.12 Å². The van der Waals surface area contributed by atoms with Crippen LogP contribution < -0.4 is 0 Å². The van der Waals surface area contributed by atoms with Crippen molar-refractivity contribution in [1.82, 2.24) is 0 Å². The smallest absolute Gasteiger partial charge is 0.221 e. The van der Waals surface area contributed by atoms with E-state index >= 15 is 0 Å². The molecule has 1 unspecified atom stereocenters. The zero-order valence-corrected chi connectivity index (χ0v) is 6.12. The molecule has 0 saturated heterocycles. The Hall–Kier alpha value is -0.180. The minimum absolute atomic E-state index is 0.0965. The van der Waals surface area contributed by atoms with Crippen molar-refractivity contribution in [2.24, 2.45) is 5.92 Å². The Kier molecular flexibility index (Phi) is 2.90. The van der Waals surface area contributed by atoms with Gasteiger partial charge in [-0.15, -0.1) is 0 Å². The Bertz CT molecular complexity index is 118. The molecule has 0 spiro atoms. The van der Waals surface area contributed by atoms with Gasteiger partial charge < -0.3 is 0 Å². The lowest BCUT2D eigenvalue weighted by atomic mass is 10.3. The largest absolute Gasteiger partial charge is 0.284 e. The van der Waals surface area contributed by atoms with Crippen molar-refractivity contribution in [2.45, 2.75) is 13.8 Å². The fraction of sp³-hybridized carbons (Fsp3) is 0.800. The Labute approximate surface area is 51.7 Å². The molecule has 0 radical (unpaired) electrons. The van der Waals surface area contributed by atoms with Crippen LogP contribution in [0.1, 0.15) is 13.8 Å². The second-order valence-electron chi connectivity index (χ2n) is 1.93. The minimum atomic E-state index is -1.28. The van der Waals surface area contributed by atoms with Gasteiger partial charge in [-0.25, -0.2) is 0 Å². The maximum atomic E-state index is 10.5. The summed E-state index contributed by atoms with van der Waals surface area (Å²) in [7, 11) is -1.28. The Morgan fingerprint density at radius 3 is 1.88 bits per heavy atom. The van der Waals surface area contributed by atoms with Crippen molar-refractivity contribution in [1.29, 1.82) is 0 Å². The van der Waals surface area contributed by atoms with Crippen molar-refractivity contribution in [3.8, 4) is 0 Å². The van der Waals surface area contributed by atoms with Gasteiger partial charge in [0.25, 0.3) is 0 Å². The zero-order valence-electron chi connectivity index (χ0n) is 5.30. The highest BCUT2D eigenvalue weighted by atomic mass is 32.2. The molecule has 0 amide bonds. The third-order valence-electron chi connectivity index (χ3n) is 0.755. The molecule has 8 heavy (non-hydrogen) atoms. The van der Waals surface area contributed by atoms with Gasteiger partial charge in [-0.2, -0.15) is 0 Å². The summed E-state index contributed by atoms with van der Waals surface area (Å²) < 4.78 is 10.3. The van der Waals surface area contributed by atoms with E-state index in [-0.39, 0.29) is 11.0 Å². The molecule has 0 heterocycles. The number of hydrogen-bond donors (Lipinski definition) is 0. The Morgan fingerprint density at radius 2 is 1.88 bits per heavy atom. The molecule has 0 aromatic carbocycles. The topological polar surface area (TPSA) is 34.1 Å². The number of carbonyl (C=O) groups is 1. The van der Waals surface area contributed by atoms with Crippen LogP contribution in [0.2, 0.25) is 0 Å². The van der Waals surface area contributed by atoms with Gasteiger partial charge in [0, 0.05) is 12.2 Å². The molecule has 1 atom stereocenters. The normalized spacial score (nSPS) is 14.0. The predicted molar refractivity (Wildman–Crippen MR) is 33.9 cm³/mol. The summed E-state index contributed by atoms with van der Waals surface area (Å²) in [5.41, 5.74) is 0. The van der Waals surface area contributed by atoms with Crippen LogP contribution in [0.5, 0.6) is 0 Å². The SMILES string of the molecule is CC(C)C(=O)S(C)=O. The number of rotatable bonds is 1. The third-order valence-corrected chi connectivity index (χ3v) is 1.79. The molecule has 0 rings (SSSR count). The van der Waals surface area contributed by atoms with E-state index in [0.29, 0.717) is 0 Å². The molecule has 0 fully saturated rings. The van der Waals surface area contributed by atoms with Crippen molar-refractivity contribution >= 4 is 15.9 Å². The van der Waals surface area contributed by atoms with Crippen LogP contribution in [0.3, 0.4) is 0 Å². The summed E-state index contributed by atoms with van der Waals surface area (Å²) in [5, 5.41) is -0.176. The van der Waals surface area contributed by atoms with Crippen LogP contribution in [0.4, 0.5) is 0 Å². The fourth-order valence-corrected chi connectivity index (χ4v) is 0.996. The summed E-state index contributed by atoms with van der Waals surface area (Å²) in [6, 6.07) is 0. The lowest BCUT2D eigenvalue weighted by molar-refractivity contribution is -0.113. The summed E-state index contributed by atoms with van der Waals surface area (Å²) in [4.78, 5) is 10.5. The van der Waals surface area contributed by atoms with Crippen LogP contribution >= 0.6 is 0 Å². The zero-order chi connectivity index (χ0) is 6.73. The van der Waals surface area contributed by atoms with E-state index in [9.17, 15) is 9.00 Å². The van der Waals surface area contributed by atoms with E-state index in [1.165, 1.54) is 6.26 Å². The first-order valence-electron chi connectivity index (χ1n) is 2.43. The summed E-state index contributed by atoms with van der Waals surface area (Å²) in [5.74, 6) is -0.0965. The molecule has 0 aliphatic heterocycles. The summed E-state index contributed by atoms with van der Waals surface area (Å²) in [6.07, 6.45) is 1.41. The van der Waals surface area contributed by atoms with E-state index < -0.39 is 10.8 Å². The lowest BCUT2D eigenvalue weighted by Gasteiger charge is -1.96. The molecule has 0 saturated carbocycles. The van der Waals surface area contributed by atoms with Crippen LogP contribution in [0.25, 0.3) is 0 Å². The lowest BCUT2D eigenvalue weighted by Crippen LogP contribution is -2.11. The molecular formula is C5H10O2S. The molecule has 0 aliphatic rings. The molecule has 0 bridgehead atoms. The molecule has 0 aromatic rings. The van der Waals surface area contributed by atoms with E-state index in [1.807, 2.05) is 0 Å². The van der Waals surface area contributed by atoms with Gasteiger partial charge in [-0.05, 0) is 0 Å². The monoisotopic (exact) mass is 134 g/mol. The first-order chi connectivity index (χ1) is 3.55. The molecule has 0 N–H and O–H groups in total. The van der Waals surface area contributed by atoms with Crippen LogP contribution in [0.15, 0.2) is 0 Å². The average Bonchev–Trinajstić information content (AvgIpc) is 1.64. The highest BCUT2D eigenvalue weighted by molar-refractivity contribution is 7.99. The highest BCUT2D eigenvalue weighted by Gasteiger charge is 2.09. The highest BCUT2D eigenvalue weighted by Crippen LogP contribution is 1.95. The van der Waals surface area contributed by atoms with Gasteiger partial charge >= 0.3 is 0 Å². The Balaban J connectivity index is 3.84. The van der Waals surface area contributed by atoms with Crippen molar-refractivity contribution in [2.75, 3.05) is 6.26 Å². The second-order valence-corrected chi connectivity index (χ2v) is 3.24. The second kappa shape index (κ2) is 2.97. The predicted octanol–water partition coefficient (Wildman–Crippen LogP) is 0.547. The molecular weight excluding hydrogens is 124 g/mol. The fourth-order valence-electron chi connectivity index (χ4n) is 0.332. The average molecular weight is 134 g/mol. The van der Waals surface area contributed by atoms with Gasteiger partial charge in [0.15, 0.2) is 0 Å². The van der Waals surface area contributed by atoms with Gasteiger partial charge in [-0.3, -0.25) is 9.00 Å². The van der Waals surface area contributed by atoms with Gasteiger partial charge in [-0.1, -0.05) is 13.8 Å². The quantitative estimate of drug-likeness (QED) is 0.524. The first kappa shape index (κ1) is 7.82. The standard InChI is InChI=1S/C5H10O2S/c1-4(2)5(6)8(3)7/h4H,1-3H3. The van der Waals surface area contributed by atoms with Crippen molar-refractivity contribution in [3.63, 3.8) is 0 Å². The van der Waals surface area contributed by atoms with E-state index in [4.69, 9.17) is 0 Å². The van der Waals surface area contributed by atoms with Crippen LogP contribution in [-0.4, -0.2) is 15.6 Å². The molecule has 2 nitrogen and oxygen atoms in total. The maximum Gasteiger partial charge on any atom is 0.221 e. The Morgan fingerprint density at radius 1 is 1.50 bits per heavy atom. The van der Waals surface area contributed by atoms with Gasteiger partial charge in [0.05, 0.1) is 10.8 Å². The van der Waals surface area contributed by atoms with Crippen LogP contribution in [-0.2, 0) is 15.6 Å². The van der Waals surface area contributed by atoms with Crippen LogP contribution in [0, 0.1) is 5.92 Å². The third kappa shape index (κ3) is 2.21. The van der Waals surface area contributed by atoms with E-state index in [2.05, 4.69) is 0 Å². The molecule has 0 aliphatic carbocycles. The molecule has 3 heteroatoms. The van der Waals surface area contributed by atoms with Gasteiger partial charge in [0.1, 0.15) is 0 Å². The first-order valence-corrected chi connectivity index (χ1v) is 3.98. The maximum absolute atomic E-state index is 10.5.